The lowest BCUT2D eigenvalue weighted by molar-refractivity contribution is 0.548. The molecule has 3 nitrogen and oxygen atoms in total. The molecule has 1 aliphatic carbocycles. The van der Waals surface area contributed by atoms with E-state index >= 15 is 0 Å². The van der Waals surface area contributed by atoms with E-state index in [1.165, 1.54) is 18.4 Å². The van der Waals surface area contributed by atoms with Gasteiger partial charge in [-0.15, -0.1) is 0 Å². The molecule has 0 spiro atoms. The molecule has 19 heavy (non-hydrogen) atoms. The quantitative estimate of drug-likeness (QED) is 0.877. The highest BCUT2D eigenvalue weighted by molar-refractivity contribution is 7.05. The Balaban J connectivity index is 1.73. The van der Waals surface area contributed by atoms with Gasteiger partial charge in [0.1, 0.15) is 10.8 Å². The van der Waals surface area contributed by atoms with E-state index in [9.17, 15) is 0 Å². The van der Waals surface area contributed by atoms with Crippen molar-refractivity contribution >= 4 is 11.5 Å². The first kappa shape index (κ1) is 12.8. The first-order valence-corrected chi connectivity index (χ1v) is 7.75. The predicted octanol–water partition coefficient (Wildman–Crippen LogP) is 3.31. The fourth-order valence-electron chi connectivity index (χ4n) is 2.27. The molecule has 100 valence electrons. The maximum absolute atomic E-state index is 4.69. The number of benzene rings is 1. The lowest BCUT2D eigenvalue weighted by Gasteiger charge is -2.16. The minimum atomic E-state index is 0.339. The third kappa shape index (κ3) is 3.19. The molecule has 1 N–H and O–H groups in total. The average Bonchev–Trinajstić information content (AvgIpc) is 3.20. The van der Waals surface area contributed by atoms with E-state index in [4.69, 9.17) is 0 Å². The van der Waals surface area contributed by atoms with Crippen molar-refractivity contribution in [2.75, 3.05) is 6.54 Å². The van der Waals surface area contributed by atoms with Crippen LogP contribution in [0.3, 0.4) is 0 Å². The lowest BCUT2D eigenvalue weighted by Crippen LogP contribution is -2.22. The minimum Gasteiger partial charge on any atom is -0.310 e. The van der Waals surface area contributed by atoms with Crippen molar-refractivity contribution in [1.82, 2.24) is 14.7 Å². The van der Waals surface area contributed by atoms with Crippen LogP contribution in [0.4, 0.5) is 0 Å². The van der Waals surface area contributed by atoms with Gasteiger partial charge in [-0.05, 0) is 36.5 Å². The Bertz CT molecular complexity index is 519. The van der Waals surface area contributed by atoms with Crippen LogP contribution in [0.2, 0.25) is 0 Å². The Labute approximate surface area is 118 Å². The van der Waals surface area contributed by atoms with Crippen molar-refractivity contribution < 1.29 is 0 Å². The van der Waals surface area contributed by atoms with Crippen molar-refractivity contribution in [3.05, 3.63) is 46.7 Å². The maximum Gasteiger partial charge on any atom is 0.145 e. The fraction of sp³-hybridized carbons (Fsp3) is 0.467. The van der Waals surface area contributed by atoms with Crippen LogP contribution >= 0.6 is 11.5 Å². The highest BCUT2D eigenvalue weighted by Crippen LogP contribution is 2.38. The predicted molar refractivity (Wildman–Crippen MR) is 78.4 cm³/mol. The molecule has 0 aliphatic heterocycles. The molecule has 1 aromatic carbocycles. The smallest absolute Gasteiger partial charge is 0.145 e. The Hall–Kier alpha value is -1.26. The number of likely N-dealkylation sites (N-methyl/N-ethyl adjacent to an activating group) is 1. The summed E-state index contributed by atoms with van der Waals surface area (Å²) in [6.45, 7) is 3.11. The Morgan fingerprint density at radius 3 is 2.79 bits per heavy atom. The van der Waals surface area contributed by atoms with E-state index in [0.29, 0.717) is 12.0 Å². The number of aromatic nitrogens is 2. The number of nitrogens with one attached hydrogen (secondary N) is 1. The molecule has 0 saturated heterocycles. The summed E-state index contributed by atoms with van der Waals surface area (Å²) in [4.78, 5) is 4.69. The highest BCUT2D eigenvalue weighted by Gasteiger charge is 2.28. The monoisotopic (exact) mass is 273 g/mol. The summed E-state index contributed by atoms with van der Waals surface area (Å²) in [7, 11) is 0. The van der Waals surface area contributed by atoms with Gasteiger partial charge in [0, 0.05) is 18.4 Å². The minimum absolute atomic E-state index is 0.339. The number of nitrogens with zero attached hydrogens (tertiary/aromatic N) is 2. The van der Waals surface area contributed by atoms with Gasteiger partial charge >= 0.3 is 0 Å². The SMILES string of the molecule is CCNC(Cc1nc(C2CC2)ns1)c1ccccc1. The molecule has 0 radical (unpaired) electrons. The second kappa shape index (κ2) is 5.80. The first-order valence-electron chi connectivity index (χ1n) is 6.97. The molecule has 0 bridgehead atoms. The van der Waals surface area contributed by atoms with Crippen molar-refractivity contribution in [3.63, 3.8) is 0 Å². The Morgan fingerprint density at radius 2 is 2.11 bits per heavy atom. The molecule has 0 amide bonds. The van der Waals surface area contributed by atoms with E-state index in [2.05, 4.69) is 51.9 Å². The van der Waals surface area contributed by atoms with Crippen LogP contribution in [0.5, 0.6) is 0 Å². The molecular weight excluding hydrogens is 254 g/mol. The molecule has 3 rings (SSSR count). The average molecular weight is 273 g/mol. The van der Waals surface area contributed by atoms with E-state index < -0.39 is 0 Å². The summed E-state index contributed by atoms with van der Waals surface area (Å²) < 4.78 is 4.49. The largest absolute Gasteiger partial charge is 0.310 e. The van der Waals surface area contributed by atoms with E-state index in [0.717, 1.165) is 23.8 Å². The molecule has 1 unspecified atom stereocenters. The molecule has 1 atom stereocenters. The third-order valence-corrected chi connectivity index (χ3v) is 4.20. The topological polar surface area (TPSA) is 37.8 Å². The summed E-state index contributed by atoms with van der Waals surface area (Å²) in [6, 6.07) is 10.9. The van der Waals surface area contributed by atoms with Crippen molar-refractivity contribution in [2.45, 2.75) is 38.1 Å². The number of rotatable bonds is 6. The van der Waals surface area contributed by atoms with Gasteiger partial charge in [0.05, 0.1) is 0 Å². The standard InChI is InChI=1S/C15H19N3S/c1-2-16-13(11-6-4-3-5-7-11)10-14-17-15(18-19-14)12-8-9-12/h3-7,12-13,16H,2,8-10H2,1H3. The van der Waals surface area contributed by atoms with Crippen LogP contribution in [0.1, 0.15) is 48.1 Å². The molecule has 1 heterocycles. The molecule has 2 aromatic rings. The molecule has 1 aliphatic rings. The zero-order valence-electron chi connectivity index (χ0n) is 11.2. The van der Waals surface area contributed by atoms with Crippen molar-refractivity contribution in [3.8, 4) is 0 Å². The van der Waals surface area contributed by atoms with Crippen LogP contribution in [0, 0.1) is 0 Å². The van der Waals surface area contributed by atoms with Gasteiger partial charge in [-0.25, -0.2) is 4.98 Å². The van der Waals surface area contributed by atoms with E-state index in [-0.39, 0.29) is 0 Å². The molecule has 4 heteroatoms. The first-order chi connectivity index (χ1) is 9.36. The highest BCUT2D eigenvalue weighted by atomic mass is 32.1. The second-order valence-electron chi connectivity index (χ2n) is 5.05. The normalized spacial score (nSPS) is 16.5. The summed E-state index contributed by atoms with van der Waals surface area (Å²) in [5.41, 5.74) is 1.33. The number of hydrogen-bond acceptors (Lipinski definition) is 4. The van der Waals surface area contributed by atoms with Gasteiger partial charge in [0.2, 0.25) is 0 Å². The lowest BCUT2D eigenvalue weighted by atomic mass is 10.0. The molecule has 1 aromatic heterocycles. The maximum atomic E-state index is 4.69. The number of hydrogen-bond donors (Lipinski definition) is 1. The summed E-state index contributed by atoms with van der Waals surface area (Å²) in [5.74, 6) is 1.72. The summed E-state index contributed by atoms with van der Waals surface area (Å²) >= 11 is 1.57. The van der Waals surface area contributed by atoms with Crippen LogP contribution in [0.25, 0.3) is 0 Å². The van der Waals surface area contributed by atoms with Crippen molar-refractivity contribution in [2.24, 2.45) is 0 Å². The summed E-state index contributed by atoms with van der Waals surface area (Å²) in [5, 5.41) is 4.69. The van der Waals surface area contributed by atoms with Crippen LogP contribution in [-0.4, -0.2) is 15.9 Å². The van der Waals surface area contributed by atoms with Gasteiger partial charge in [-0.3, -0.25) is 0 Å². The summed E-state index contributed by atoms with van der Waals surface area (Å²) in [6.07, 6.45) is 3.47. The third-order valence-electron chi connectivity index (χ3n) is 3.46. The van der Waals surface area contributed by atoms with Crippen molar-refractivity contribution in [1.29, 1.82) is 0 Å². The van der Waals surface area contributed by atoms with Crippen LogP contribution in [-0.2, 0) is 6.42 Å². The zero-order valence-corrected chi connectivity index (χ0v) is 12.0. The molecular formula is C15H19N3S. The molecule has 1 fully saturated rings. The van der Waals surface area contributed by atoms with Crippen LogP contribution < -0.4 is 5.32 Å². The Kier molecular flexibility index (Phi) is 3.89. The van der Waals surface area contributed by atoms with Gasteiger partial charge < -0.3 is 5.32 Å². The van der Waals surface area contributed by atoms with Gasteiger partial charge in [-0.1, -0.05) is 37.3 Å². The van der Waals surface area contributed by atoms with Gasteiger partial charge in [-0.2, -0.15) is 4.37 Å². The van der Waals surface area contributed by atoms with Gasteiger partial charge in [0.25, 0.3) is 0 Å². The van der Waals surface area contributed by atoms with E-state index in [1.54, 1.807) is 11.5 Å². The fourth-order valence-corrected chi connectivity index (χ4v) is 3.04. The van der Waals surface area contributed by atoms with E-state index in [1.807, 2.05) is 0 Å². The molecule has 1 saturated carbocycles. The second-order valence-corrected chi connectivity index (χ2v) is 5.88. The van der Waals surface area contributed by atoms with Gasteiger partial charge in [0.15, 0.2) is 0 Å². The Morgan fingerprint density at radius 1 is 1.32 bits per heavy atom. The zero-order chi connectivity index (χ0) is 13.1. The van der Waals surface area contributed by atoms with Crippen LogP contribution in [0.15, 0.2) is 30.3 Å².